The summed E-state index contributed by atoms with van der Waals surface area (Å²) < 4.78 is 30.6. The molecule has 0 aromatic heterocycles. The minimum Gasteiger partial charge on any atom is -0.263 e. The zero-order chi connectivity index (χ0) is 14.9. The van der Waals surface area contributed by atoms with Crippen LogP contribution in [-0.4, -0.2) is 14.5 Å². The van der Waals surface area contributed by atoms with Crippen molar-refractivity contribution >= 4 is 10.1 Å². The van der Waals surface area contributed by atoms with Crippen molar-refractivity contribution in [2.24, 2.45) is 11.8 Å². The van der Waals surface area contributed by atoms with Crippen LogP contribution in [0, 0.1) is 18.8 Å². The Labute approximate surface area is 127 Å². The van der Waals surface area contributed by atoms with Gasteiger partial charge < -0.3 is 0 Å². The molecule has 1 aromatic carbocycles. The van der Waals surface area contributed by atoms with Gasteiger partial charge in [-0.3, -0.25) is 4.18 Å². The molecule has 0 N–H and O–H groups in total. The predicted molar refractivity (Wildman–Crippen MR) is 82.5 cm³/mol. The smallest absolute Gasteiger partial charge is 0.263 e. The summed E-state index contributed by atoms with van der Waals surface area (Å²) in [5.41, 5.74) is 1.05. The van der Waals surface area contributed by atoms with Crippen molar-refractivity contribution in [2.45, 2.75) is 62.9 Å². The summed E-state index contributed by atoms with van der Waals surface area (Å²) in [4.78, 5) is 0.283. The molecular weight excluding hydrogens is 284 g/mol. The fourth-order valence-electron chi connectivity index (χ4n) is 3.92. The van der Waals surface area contributed by atoms with Crippen LogP contribution in [0.25, 0.3) is 0 Å². The third-order valence-corrected chi connectivity index (χ3v) is 6.42. The molecule has 2 aliphatic carbocycles. The van der Waals surface area contributed by atoms with Crippen molar-refractivity contribution in [2.75, 3.05) is 0 Å². The van der Waals surface area contributed by atoms with E-state index in [1.54, 1.807) is 12.1 Å². The average molecular weight is 308 g/mol. The fourth-order valence-corrected chi connectivity index (χ4v) is 5.07. The summed E-state index contributed by atoms with van der Waals surface area (Å²) >= 11 is 0. The van der Waals surface area contributed by atoms with E-state index in [1.807, 2.05) is 19.1 Å². The van der Waals surface area contributed by atoms with E-state index >= 15 is 0 Å². The van der Waals surface area contributed by atoms with Crippen molar-refractivity contribution in [3.05, 3.63) is 29.8 Å². The van der Waals surface area contributed by atoms with Crippen LogP contribution in [-0.2, 0) is 14.3 Å². The third-order valence-electron chi connectivity index (χ3n) is 5.07. The molecule has 21 heavy (non-hydrogen) atoms. The molecule has 0 amide bonds. The van der Waals surface area contributed by atoms with Crippen LogP contribution in [0.4, 0.5) is 0 Å². The SMILES string of the molecule is Cc1ccc(S(=O)(=O)OC2CCCC3CCCCC32)cc1. The van der Waals surface area contributed by atoms with Gasteiger partial charge in [0.2, 0.25) is 0 Å². The lowest BCUT2D eigenvalue weighted by molar-refractivity contribution is 0.0320. The second kappa shape index (κ2) is 6.09. The zero-order valence-electron chi connectivity index (χ0n) is 12.6. The standard InChI is InChI=1S/C17H24O3S/c1-13-9-11-15(12-10-13)21(18,19)20-17-8-4-6-14-5-2-3-7-16(14)17/h9-12,14,16-17H,2-8H2,1H3. The van der Waals surface area contributed by atoms with E-state index in [0.29, 0.717) is 11.8 Å². The topological polar surface area (TPSA) is 43.4 Å². The zero-order valence-corrected chi connectivity index (χ0v) is 13.4. The Morgan fingerprint density at radius 2 is 1.62 bits per heavy atom. The summed E-state index contributed by atoms with van der Waals surface area (Å²) in [5, 5.41) is 0. The predicted octanol–water partition coefficient (Wildman–Crippen LogP) is 4.06. The maximum Gasteiger partial charge on any atom is 0.297 e. The summed E-state index contributed by atoms with van der Waals surface area (Å²) in [6.07, 6.45) is 7.98. The molecule has 3 unspecified atom stereocenters. The van der Waals surface area contributed by atoms with Crippen LogP contribution < -0.4 is 0 Å². The van der Waals surface area contributed by atoms with Gasteiger partial charge in [-0.25, -0.2) is 0 Å². The Balaban J connectivity index is 1.76. The first-order valence-corrected chi connectivity index (χ1v) is 9.47. The first-order valence-electron chi connectivity index (χ1n) is 8.06. The molecular formula is C17H24O3S. The fraction of sp³-hybridized carbons (Fsp3) is 0.647. The molecule has 4 heteroatoms. The quantitative estimate of drug-likeness (QED) is 0.791. The van der Waals surface area contributed by atoms with Crippen LogP contribution >= 0.6 is 0 Å². The van der Waals surface area contributed by atoms with Crippen molar-refractivity contribution in [1.82, 2.24) is 0 Å². The van der Waals surface area contributed by atoms with Gasteiger partial charge in [0.1, 0.15) is 0 Å². The first kappa shape index (κ1) is 15.0. The molecule has 3 nitrogen and oxygen atoms in total. The van der Waals surface area contributed by atoms with Crippen LogP contribution in [0.5, 0.6) is 0 Å². The van der Waals surface area contributed by atoms with Gasteiger partial charge in [-0.05, 0) is 50.2 Å². The Hall–Kier alpha value is -0.870. The van der Waals surface area contributed by atoms with Gasteiger partial charge in [0.15, 0.2) is 0 Å². The minimum atomic E-state index is -3.63. The molecule has 2 fully saturated rings. The molecule has 0 spiro atoms. The minimum absolute atomic E-state index is 0.115. The molecule has 0 aliphatic heterocycles. The van der Waals surface area contributed by atoms with E-state index in [1.165, 1.54) is 25.7 Å². The van der Waals surface area contributed by atoms with E-state index in [4.69, 9.17) is 4.18 Å². The van der Waals surface area contributed by atoms with E-state index < -0.39 is 10.1 Å². The Kier molecular flexibility index (Phi) is 4.36. The number of fused-ring (bicyclic) bond motifs is 1. The normalized spacial score (nSPS) is 29.9. The van der Waals surface area contributed by atoms with E-state index in [0.717, 1.165) is 24.8 Å². The maximum absolute atomic E-state index is 12.5. The van der Waals surface area contributed by atoms with Crippen molar-refractivity contribution < 1.29 is 12.6 Å². The highest BCUT2D eigenvalue weighted by molar-refractivity contribution is 7.86. The summed E-state index contributed by atoms with van der Waals surface area (Å²) in [7, 11) is -3.63. The molecule has 3 atom stereocenters. The van der Waals surface area contributed by atoms with E-state index in [2.05, 4.69) is 0 Å². The Bertz CT molecular complexity index is 575. The van der Waals surface area contributed by atoms with Crippen LogP contribution in [0.3, 0.4) is 0 Å². The molecule has 2 aliphatic rings. The lowest BCUT2D eigenvalue weighted by Gasteiger charge is -2.40. The van der Waals surface area contributed by atoms with Gasteiger partial charge in [-0.2, -0.15) is 8.42 Å². The summed E-state index contributed by atoms with van der Waals surface area (Å²) in [6, 6.07) is 6.93. The molecule has 1 aromatic rings. The Morgan fingerprint density at radius 1 is 0.952 bits per heavy atom. The summed E-state index contributed by atoms with van der Waals surface area (Å²) in [5.74, 6) is 1.11. The number of hydrogen-bond acceptors (Lipinski definition) is 3. The molecule has 2 saturated carbocycles. The molecule has 0 radical (unpaired) electrons. The van der Waals surface area contributed by atoms with Crippen LogP contribution in [0.1, 0.15) is 50.5 Å². The number of aryl methyl sites for hydroxylation is 1. The molecule has 0 heterocycles. The molecule has 116 valence electrons. The van der Waals surface area contributed by atoms with Gasteiger partial charge >= 0.3 is 0 Å². The average Bonchev–Trinajstić information content (AvgIpc) is 2.48. The van der Waals surface area contributed by atoms with E-state index in [9.17, 15) is 8.42 Å². The lowest BCUT2D eigenvalue weighted by atomic mass is 9.69. The van der Waals surface area contributed by atoms with Crippen molar-refractivity contribution in [3.8, 4) is 0 Å². The number of benzene rings is 1. The van der Waals surface area contributed by atoms with Gasteiger partial charge in [0, 0.05) is 0 Å². The lowest BCUT2D eigenvalue weighted by Crippen LogP contribution is -2.37. The van der Waals surface area contributed by atoms with Gasteiger partial charge in [-0.15, -0.1) is 0 Å². The van der Waals surface area contributed by atoms with E-state index in [-0.39, 0.29) is 11.0 Å². The van der Waals surface area contributed by atoms with Crippen LogP contribution in [0.15, 0.2) is 29.2 Å². The second-order valence-corrected chi connectivity index (χ2v) is 8.11. The molecule has 3 rings (SSSR count). The van der Waals surface area contributed by atoms with Crippen LogP contribution in [0.2, 0.25) is 0 Å². The Morgan fingerprint density at radius 3 is 2.38 bits per heavy atom. The van der Waals surface area contributed by atoms with Gasteiger partial charge in [-0.1, -0.05) is 43.4 Å². The first-order chi connectivity index (χ1) is 10.1. The molecule has 0 bridgehead atoms. The summed E-state index contributed by atoms with van der Waals surface area (Å²) in [6.45, 7) is 1.95. The third kappa shape index (κ3) is 3.32. The number of rotatable bonds is 3. The monoisotopic (exact) mass is 308 g/mol. The maximum atomic E-state index is 12.5. The van der Waals surface area contributed by atoms with Crippen molar-refractivity contribution in [1.29, 1.82) is 0 Å². The van der Waals surface area contributed by atoms with Crippen molar-refractivity contribution in [3.63, 3.8) is 0 Å². The van der Waals surface area contributed by atoms with Gasteiger partial charge in [0.25, 0.3) is 10.1 Å². The second-order valence-electron chi connectivity index (χ2n) is 6.54. The van der Waals surface area contributed by atoms with Gasteiger partial charge in [0.05, 0.1) is 11.0 Å². The molecule has 0 saturated heterocycles. The highest BCUT2D eigenvalue weighted by atomic mass is 32.2. The number of hydrogen-bond donors (Lipinski definition) is 0. The highest BCUT2D eigenvalue weighted by Gasteiger charge is 2.38. The highest BCUT2D eigenvalue weighted by Crippen LogP contribution is 2.42. The largest absolute Gasteiger partial charge is 0.297 e.